The van der Waals surface area contributed by atoms with Crippen molar-refractivity contribution >= 4 is 11.5 Å². The third kappa shape index (κ3) is 1.92. The minimum Gasteiger partial charge on any atom is -0.489 e. The monoisotopic (exact) mass is 219 g/mol. The molecule has 0 aromatic carbocycles. The van der Waals surface area contributed by atoms with Gasteiger partial charge in [-0.25, -0.2) is 8.78 Å². The van der Waals surface area contributed by atoms with Crippen LogP contribution in [0.5, 0.6) is 5.75 Å². The zero-order valence-corrected chi connectivity index (χ0v) is 7.61. The van der Waals surface area contributed by atoms with Crippen LogP contribution in [0.25, 0.3) is 0 Å². The van der Waals surface area contributed by atoms with Gasteiger partial charge >= 0.3 is 5.82 Å². The van der Waals surface area contributed by atoms with Gasteiger partial charge in [-0.2, -0.15) is 0 Å². The molecule has 1 aromatic heterocycles. The molecule has 82 valence electrons. The average molecular weight is 219 g/mol. The van der Waals surface area contributed by atoms with Gasteiger partial charge in [0.25, 0.3) is 6.43 Å². The Balaban J connectivity index is 3.47. The summed E-state index contributed by atoms with van der Waals surface area (Å²) in [5.41, 5.74) is 4.17. The molecule has 2 N–H and O–H groups in total. The van der Waals surface area contributed by atoms with E-state index in [0.717, 1.165) is 13.3 Å². The predicted octanol–water partition coefficient (Wildman–Crippen LogP) is 1.52. The minimum absolute atomic E-state index is 0.340. The summed E-state index contributed by atoms with van der Waals surface area (Å²) in [7, 11) is 1.04. The number of halogens is 2. The van der Waals surface area contributed by atoms with E-state index in [9.17, 15) is 18.9 Å². The van der Waals surface area contributed by atoms with Gasteiger partial charge < -0.3 is 20.6 Å². The lowest BCUT2D eigenvalue weighted by Gasteiger charge is -2.08. The van der Waals surface area contributed by atoms with Gasteiger partial charge in [-0.15, -0.1) is 0 Å². The number of hydrogen-bond acceptors (Lipinski definition) is 5. The molecule has 6 nitrogen and oxygen atoms in total. The van der Waals surface area contributed by atoms with Crippen LogP contribution in [0.4, 0.5) is 20.3 Å². The van der Waals surface area contributed by atoms with E-state index in [1.165, 1.54) is 0 Å². The summed E-state index contributed by atoms with van der Waals surface area (Å²) in [5, 5.41) is 10.4. The second-order valence-electron chi connectivity index (χ2n) is 2.54. The second-order valence-corrected chi connectivity index (χ2v) is 2.54. The normalized spacial score (nSPS) is 10.4. The van der Waals surface area contributed by atoms with Crippen LogP contribution >= 0.6 is 0 Å². The number of hydrogen-bond donors (Lipinski definition) is 1. The summed E-state index contributed by atoms with van der Waals surface area (Å²) in [6.07, 6.45) is -2.15. The van der Waals surface area contributed by atoms with Crippen molar-refractivity contribution in [3.63, 3.8) is 0 Å². The first-order valence-corrected chi connectivity index (χ1v) is 3.74. The molecule has 0 bridgehead atoms. The maximum atomic E-state index is 12.5. The van der Waals surface area contributed by atoms with E-state index in [1.807, 2.05) is 0 Å². The van der Waals surface area contributed by atoms with E-state index in [4.69, 9.17) is 5.73 Å². The molecule has 0 aliphatic carbocycles. The lowest BCUT2D eigenvalue weighted by molar-refractivity contribution is -0.390. The minimum atomic E-state index is -2.96. The van der Waals surface area contributed by atoms with Gasteiger partial charge in [-0.05, 0) is 9.91 Å². The molecule has 0 spiro atoms. The first kappa shape index (κ1) is 11.1. The fourth-order valence-corrected chi connectivity index (χ4v) is 1.07. The number of nitrogens with two attached hydrogens (primary N) is 1. The number of anilines is 1. The Kier molecular flexibility index (Phi) is 2.98. The highest BCUT2D eigenvalue weighted by atomic mass is 19.3. The van der Waals surface area contributed by atoms with E-state index in [0.29, 0.717) is 0 Å². The van der Waals surface area contributed by atoms with Crippen molar-refractivity contribution in [3.8, 4) is 5.75 Å². The molecule has 1 rings (SSSR count). The predicted molar refractivity (Wildman–Crippen MR) is 46.8 cm³/mol. The quantitative estimate of drug-likeness (QED) is 0.614. The highest BCUT2D eigenvalue weighted by molar-refractivity contribution is 5.59. The number of nitrogen functional groups attached to an aromatic ring is 1. The average Bonchev–Trinajstić information content (AvgIpc) is 2.15. The molecule has 0 saturated heterocycles. The number of aromatic nitrogens is 1. The fraction of sp³-hybridized carbons (Fsp3) is 0.286. The Morgan fingerprint density at radius 1 is 1.67 bits per heavy atom. The number of ether oxygens (including phenoxy) is 1. The lowest BCUT2D eigenvalue weighted by Crippen LogP contribution is -2.04. The Bertz CT molecular complexity index is 397. The molecule has 15 heavy (non-hydrogen) atoms. The summed E-state index contributed by atoms with van der Waals surface area (Å²) < 4.78 is 29.5. The molecule has 8 heteroatoms. The van der Waals surface area contributed by atoms with Crippen LogP contribution < -0.4 is 10.5 Å². The van der Waals surface area contributed by atoms with Crippen LogP contribution in [0.2, 0.25) is 0 Å². The maximum Gasteiger partial charge on any atom is 0.406 e. The molecule has 0 unspecified atom stereocenters. The molecule has 1 heterocycles. The molecule has 0 aliphatic rings. The van der Waals surface area contributed by atoms with Gasteiger partial charge in [0, 0.05) is 0 Å². The Labute approximate surface area is 82.8 Å². The zero-order chi connectivity index (χ0) is 11.6. The summed E-state index contributed by atoms with van der Waals surface area (Å²) in [6, 6.07) is 0. The number of methoxy groups -OCH3 is 1. The largest absolute Gasteiger partial charge is 0.489 e. The molecule has 0 radical (unpaired) electrons. The van der Waals surface area contributed by atoms with Crippen LogP contribution in [-0.4, -0.2) is 17.0 Å². The number of nitrogens with zero attached hydrogens (tertiary/aromatic N) is 2. The van der Waals surface area contributed by atoms with Crippen molar-refractivity contribution < 1.29 is 18.4 Å². The summed E-state index contributed by atoms with van der Waals surface area (Å²) >= 11 is 0. The summed E-state index contributed by atoms with van der Waals surface area (Å²) in [5.74, 6) is -1.38. The third-order valence-corrected chi connectivity index (χ3v) is 1.68. The maximum absolute atomic E-state index is 12.5. The number of rotatable bonds is 3. The molecular formula is C7H7F2N3O3. The van der Waals surface area contributed by atoms with Crippen molar-refractivity contribution in [1.82, 2.24) is 4.98 Å². The zero-order valence-electron chi connectivity index (χ0n) is 7.61. The molecule has 0 atom stereocenters. The van der Waals surface area contributed by atoms with Crippen molar-refractivity contribution in [2.24, 2.45) is 0 Å². The fourth-order valence-electron chi connectivity index (χ4n) is 1.07. The van der Waals surface area contributed by atoms with Crippen LogP contribution in [0.1, 0.15) is 12.0 Å². The molecule has 0 saturated carbocycles. The Morgan fingerprint density at radius 3 is 2.67 bits per heavy atom. The smallest absolute Gasteiger partial charge is 0.406 e. The van der Waals surface area contributed by atoms with E-state index < -0.39 is 28.5 Å². The third-order valence-electron chi connectivity index (χ3n) is 1.68. The topological polar surface area (TPSA) is 91.3 Å². The van der Waals surface area contributed by atoms with Crippen LogP contribution in [0.15, 0.2) is 6.20 Å². The molecular weight excluding hydrogens is 212 g/mol. The highest BCUT2D eigenvalue weighted by Gasteiger charge is 2.28. The van der Waals surface area contributed by atoms with E-state index in [1.54, 1.807) is 0 Å². The number of pyridine rings is 1. The molecule has 0 aliphatic heterocycles. The molecule has 0 fully saturated rings. The second kappa shape index (κ2) is 4.03. The van der Waals surface area contributed by atoms with E-state index in [2.05, 4.69) is 9.72 Å². The van der Waals surface area contributed by atoms with Crippen LogP contribution in [-0.2, 0) is 0 Å². The van der Waals surface area contributed by atoms with Gasteiger partial charge in [-0.3, -0.25) is 0 Å². The number of nitro groups is 1. The standard InChI is InChI=1S/C7H7F2N3O3/c1-15-5-4(6(8)9)3(10)2-11-7(5)12(13)14/h2,6H,10H2,1H3. The first-order chi connectivity index (χ1) is 6.99. The van der Waals surface area contributed by atoms with E-state index in [-0.39, 0.29) is 5.69 Å². The summed E-state index contributed by atoms with van der Waals surface area (Å²) in [4.78, 5) is 12.8. The summed E-state index contributed by atoms with van der Waals surface area (Å²) in [6.45, 7) is 0. The van der Waals surface area contributed by atoms with Gasteiger partial charge in [-0.1, -0.05) is 0 Å². The van der Waals surface area contributed by atoms with Gasteiger partial charge in [0.05, 0.1) is 18.4 Å². The lowest BCUT2D eigenvalue weighted by atomic mass is 10.2. The van der Waals surface area contributed by atoms with Crippen LogP contribution in [0.3, 0.4) is 0 Å². The Morgan fingerprint density at radius 2 is 2.27 bits per heavy atom. The highest BCUT2D eigenvalue weighted by Crippen LogP contribution is 2.38. The van der Waals surface area contributed by atoms with Crippen molar-refractivity contribution in [3.05, 3.63) is 21.9 Å². The van der Waals surface area contributed by atoms with Crippen molar-refractivity contribution in [2.75, 3.05) is 12.8 Å². The van der Waals surface area contributed by atoms with Gasteiger partial charge in [0.15, 0.2) is 6.20 Å². The first-order valence-electron chi connectivity index (χ1n) is 3.74. The SMILES string of the molecule is COc1c([N+](=O)[O-])ncc(N)c1C(F)F. The van der Waals surface area contributed by atoms with Crippen molar-refractivity contribution in [2.45, 2.75) is 6.43 Å². The molecule has 1 aromatic rings. The number of alkyl halides is 2. The van der Waals surface area contributed by atoms with Crippen molar-refractivity contribution in [1.29, 1.82) is 0 Å². The van der Waals surface area contributed by atoms with E-state index >= 15 is 0 Å². The molecule has 0 amide bonds. The Hall–Kier alpha value is -1.99. The van der Waals surface area contributed by atoms with Crippen LogP contribution in [0, 0.1) is 10.1 Å². The van der Waals surface area contributed by atoms with Gasteiger partial charge in [0.2, 0.25) is 5.75 Å². The van der Waals surface area contributed by atoms with Gasteiger partial charge in [0.1, 0.15) is 0 Å².